The molecule has 0 aromatic rings. The first-order valence-corrected chi connectivity index (χ1v) is 3.58. The minimum absolute atomic E-state index is 0.0391. The molecule has 0 bridgehead atoms. The van der Waals surface area contributed by atoms with Crippen LogP contribution in [0.1, 0.15) is 6.42 Å². The molecule has 0 aromatic carbocycles. The fourth-order valence-corrected chi connectivity index (χ4v) is 1.31. The van der Waals surface area contributed by atoms with Gasteiger partial charge in [0.05, 0.1) is 24.3 Å². The lowest BCUT2D eigenvalue weighted by molar-refractivity contribution is 0.108. The summed E-state index contributed by atoms with van der Waals surface area (Å²) in [4.78, 5) is 5.00. The minimum atomic E-state index is 0.0391. The maximum absolute atomic E-state index is 8.63. The number of allylic oxidation sites excluding steroid dienone is 2. The zero-order valence-electron chi connectivity index (χ0n) is 6.00. The van der Waals surface area contributed by atoms with E-state index in [1.54, 1.807) is 0 Å². The Morgan fingerprint density at radius 3 is 3.45 bits per heavy atom. The lowest BCUT2D eigenvalue weighted by Crippen LogP contribution is -2.06. The molecule has 0 aromatic heterocycles. The van der Waals surface area contributed by atoms with E-state index in [9.17, 15) is 0 Å². The molecule has 0 fully saturated rings. The second kappa shape index (κ2) is 2.40. The van der Waals surface area contributed by atoms with Gasteiger partial charge in [-0.1, -0.05) is 6.08 Å². The van der Waals surface area contributed by atoms with Gasteiger partial charge in [-0.05, 0) is 18.1 Å². The van der Waals surface area contributed by atoms with Gasteiger partial charge in [0.25, 0.3) is 0 Å². The van der Waals surface area contributed by atoms with Gasteiger partial charge in [0.15, 0.2) is 0 Å². The third-order valence-corrected chi connectivity index (χ3v) is 1.94. The van der Waals surface area contributed by atoms with Gasteiger partial charge in [-0.3, -0.25) is 10.3 Å². The molecule has 0 amide bonds. The van der Waals surface area contributed by atoms with Crippen LogP contribution in [0.4, 0.5) is 0 Å². The third kappa shape index (κ3) is 1.02. The van der Waals surface area contributed by atoms with Crippen LogP contribution in [0, 0.1) is 17.2 Å². The second-order valence-electron chi connectivity index (χ2n) is 2.71. The van der Waals surface area contributed by atoms with Crippen LogP contribution in [0.2, 0.25) is 0 Å². The van der Waals surface area contributed by atoms with Crippen LogP contribution in [0.3, 0.4) is 0 Å². The highest BCUT2D eigenvalue weighted by atomic mass is 16.6. The molecule has 1 N–H and O–H groups in total. The highest BCUT2D eigenvalue weighted by molar-refractivity contribution is 5.32. The Morgan fingerprint density at radius 1 is 1.73 bits per heavy atom. The molecule has 11 heavy (non-hydrogen) atoms. The normalized spacial score (nSPS) is 27.7. The average molecular weight is 148 g/mol. The van der Waals surface area contributed by atoms with Crippen molar-refractivity contribution in [3.8, 4) is 6.07 Å². The van der Waals surface area contributed by atoms with Crippen LogP contribution >= 0.6 is 0 Å². The van der Waals surface area contributed by atoms with Crippen LogP contribution in [0.15, 0.2) is 23.4 Å². The molecule has 3 nitrogen and oxygen atoms in total. The molecule has 1 heterocycles. The van der Waals surface area contributed by atoms with Crippen LogP contribution in [-0.2, 0) is 4.84 Å². The summed E-state index contributed by atoms with van der Waals surface area (Å²) in [5.74, 6) is 0.0391. The molecule has 2 aliphatic rings. The maximum Gasteiger partial charge on any atom is 0.0981 e. The minimum Gasteiger partial charge on any atom is -0.272 e. The van der Waals surface area contributed by atoms with Crippen molar-refractivity contribution in [1.29, 1.82) is 5.26 Å². The molecule has 0 radical (unpaired) electrons. The zero-order chi connectivity index (χ0) is 7.68. The quantitative estimate of drug-likeness (QED) is 0.554. The predicted octanol–water partition coefficient (Wildman–Crippen LogP) is 0.875. The Bertz CT molecular complexity index is 272. The smallest absolute Gasteiger partial charge is 0.0981 e. The predicted molar refractivity (Wildman–Crippen MR) is 39.0 cm³/mol. The molecule has 1 aliphatic carbocycles. The van der Waals surface area contributed by atoms with Crippen molar-refractivity contribution in [2.75, 3.05) is 6.61 Å². The van der Waals surface area contributed by atoms with Crippen molar-refractivity contribution in [2.24, 2.45) is 5.92 Å². The van der Waals surface area contributed by atoms with E-state index in [1.165, 1.54) is 5.57 Å². The van der Waals surface area contributed by atoms with Gasteiger partial charge < -0.3 is 0 Å². The second-order valence-corrected chi connectivity index (χ2v) is 2.71. The number of nitrogens with one attached hydrogen (secondary N) is 1. The van der Waals surface area contributed by atoms with Gasteiger partial charge in [-0.2, -0.15) is 5.26 Å². The van der Waals surface area contributed by atoms with Gasteiger partial charge in [0.2, 0.25) is 0 Å². The summed E-state index contributed by atoms with van der Waals surface area (Å²) >= 11 is 0. The Labute approximate surface area is 64.9 Å². The summed E-state index contributed by atoms with van der Waals surface area (Å²) < 4.78 is 0. The van der Waals surface area contributed by atoms with E-state index in [2.05, 4.69) is 11.5 Å². The number of nitrogens with zero attached hydrogens (tertiary/aromatic N) is 1. The van der Waals surface area contributed by atoms with Crippen LogP contribution in [0.25, 0.3) is 0 Å². The molecule has 1 atom stereocenters. The summed E-state index contributed by atoms with van der Waals surface area (Å²) in [5.41, 5.74) is 5.03. The number of hydrogen-bond donors (Lipinski definition) is 1. The Morgan fingerprint density at radius 2 is 2.64 bits per heavy atom. The highest BCUT2D eigenvalue weighted by Crippen LogP contribution is 2.24. The molecular formula is C8H8N2O. The van der Waals surface area contributed by atoms with Crippen LogP contribution in [-0.4, -0.2) is 6.61 Å². The Kier molecular flexibility index (Phi) is 1.41. The largest absolute Gasteiger partial charge is 0.272 e. The van der Waals surface area contributed by atoms with Crippen molar-refractivity contribution >= 4 is 0 Å². The molecule has 0 saturated heterocycles. The van der Waals surface area contributed by atoms with Crippen molar-refractivity contribution in [3.63, 3.8) is 0 Å². The van der Waals surface area contributed by atoms with Crippen molar-refractivity contribution in [3.05, 3.63) is 23.4 Å². The molecule has 1 unspecified atom stereocenters. The monoisotopic (exact) mass is 148 g/mol. The Hall–Kier alpha value is -1.27. The molecule has 3 heteroatoms. The summed E-state index contributed by atoms with van der Waals surface area (Å²) in [7, 11) is 0. The summed E-state index contributed by atoms with van der Waals surface area (Å²) in [5, 5.41) is 8.63. The third-order valence-electron chi connectivity index (χ3n) is 1.94. The lowest BCUT2D eigenvalue weighted by atomic mass is 9.95. The molecular weight excluding hydrogens is 140 g/mol. The van der Waals surface area contributed by atoms with Crippen molar-refractivity contribution < 1.29 is 4.84 Å². The molecule has 2 rings (SSSR count). The highest BCUT2D eigenvalue weighted by Gasteiger charge is 2.20. The Balaban J connectivity index is 2.20. The van der Waals surface area contributed by atoms with E-state index in [0.717, 1.165) is 12.1 Å². The van der Waals surface area contributed by atoms with Gasteiger partial charge in [-0.25, -0.2) is 0 Å². The van der Waals surface area contributed by atoms with E-state index in [0.29, 0.717) is 6.61 Å². The summed E-state index contributed by atoms with van der Waals surface area (Å²) in [6, 6.07) is 2.21. The molecule has 0 saturated carbocycles. The van der Waals surface area contributed by atoms with Gasteiger partial charge in [-0.15, -0.1) is 0 Å². The van der Waals surface area contributed by atoms with E-state index < -0.39 is 0 Å². The fraction of sp³-hybridized carbons (Fsp3) is 0.375. The first kappa shape index (κ1) is 6.44. The SMILES string of the molecule is N#CC1C=CC2=C(CON2)C1. The average Bonchev–Trinajstić information content (AvgIpc) is 2.50. The lowest BCUT2D eigenvalue weighted by Gasteiger charge is -2.09. The number of hydroxylamine groups is 1. The van der Waals surface area contributed by atoms with Crippen LogP contribution < -0.4 is 5.48 Å². The first-order valence-electron chi connectivity index (χ1n) is 3.58. The summed E-state index contributed by atoms with van der Waals surface area (Å²) in [6.45, 7) is 0.623. The van der Waals surface area contributed by atoms with E-state index in [-0.39, 0.29) is 5.92 Å². The fourth-order valence-electron chi connectivity index (χ4n) is 1.31. The van der Waals surface area contributed by atoms with Crippen LogP contribution in [0.5, 0.6) is 0 Å². The van der Waals surface area contributed by atoms with Gasteiger partial charge >= 0.3 is 0 Å². The topological polar surface area (TPSA) is 45.0 Å². The molecule has 0 spiro atoms. The number of hydrogen-bond acceptors (Lipinski definition) is 3. The van der Waals surface area contributed by atoms with Crippen molar-refractivity contribution in [1.82, 2.24) is 5.48 Å². The first-order chi connectivity index (χ1) is 5.40. The molecule has 56 valence electrons. The molecule has 1 aliphatic heterocycles. The summed E-state index contributed by atoms with van der Waals surface area (Å²) in [6.07, 6.45) is 4.63. The zero-order valence-corrected chi connectivity index (χ0v) is 6.00. The number of rotatable bonds is 0. The number of nitriles is 1. The van der Waals surface area contributed by atoms with Gasteiger partial charge in [0.1, 0.15) is 0 Å². The van der Waals surface area contributed by atoms with Gasteiger partial charge in [0, 0.05) is 0 Å². The van der Waals surface area contributed by atoms with E-state index in [4.69, 9.17) is 10.1 Å². The maximum atomic E-state index is 8.63. The van der Waals surface area contributed by atoms with Crippen molar-refractivity contribution in [2.45, 2.75) is 6.42 Å². The van der Waals surface area contributed by atoms with E-state index >= 15 is 0 Å². The standard InChI is InChI=1S/C8H8N2O/c9-4-6-1-2-8-7(3-6)5-11-10-8/h1-2,6,10H,3,5H2. The van der Waals surface area contributed by atoms with E-state index in [1.807, 2.05) is 12.2 Å².